The molecule has 1 aliphatic rings. The average molecular weight is 245 g/mol. The average Bonchev–Trinajstić information content (AvgIpc) is 2.77. The fourth-order valence-electron chi connectivity index (χ4n) is 2.03. The van der Waals surface area contributed by atoms with Gasteiger partial charge in [-0.1, -0.05) is 0 Å². The summed E-state index contributed by atoms with van der Waals surface area (Å²) in [7, 11) is 1.65. The molecule has 5 nitrogen and oxygen atoms in total. The highest BCUT2D eigenvalue weighted by Gasteiger charge is 2.31. The van der Waals surface area contributed by atoms with Crippen LogP contribution in [0.25, 0.3) is 0 Å². The number of carbonyl (C=O) groups excluding carboxylic acids is 1. The zero-order valence-corrected chi connectivity index (χ0v) is 10.8. The Bertz CT molecular complexity index is 223. The number of likely N-dealkylation sites (tertiary alicyclic amines) is 1. The predicted octanol–water partition coefficient (Wildman–Crippen LogP) is 0.677. The maximum absolute atomic E-state index is 11.7. The maximum Gasteiger partial charge on any atom is 0.323 e. The summed E-state index contributed by atoms with van der Waals surface area (Å²) in [6.07, 6.45) is 1.96. The van der Waals surface area contributed by atoms with Gasteiger partial charge in [0.1, 0.15) is 6.04 Å². The Balaban J connectivity index is 2.19. The van der Waals surface area contributed by atoms with Crippen LogP contribution in [0.2, 0.25) is 0 Å². The van der Waals surface area contributed by atoms with Gasteiger partial charge in [0.25, 0.3) is 0 Å². The van der Waals surface area contributed by atoms with E-state index in [1.165, 1.54) is 0 Å². The first-order chi connectivity index (χ1) is 8.29. The molecule has 100 valence electrons. The summed E-state index contributed by atoms with van der Waals surface area (Å²) in [4.78, 5) is 13.8. The van der Waals surface area contributed by atoms with Crippen molar-refractivity contribution >= 4 is 5.97 Å². The molecule has 1 aliphatic heterocycles. The number of nitrogens with zero attached hydrogens (tertiary/aromatic N) is 1. The van der Waals surface area contributed by atoms with E-state index in [1.807, 2.05) is 6.92 Å². The van der Waals surface area contributed by atoms with Gasteiger partial charge < -0.3 is 14.2 Å². The van der Waals surface area contributed by atoms with Gasteiger partial charge in [-0.2, -0.15) is 0 Å². The minimum Gasteiger partial charge on any atom is -0.465 e. The van der Waals surface area contributed by atoms with Gasteiger partial charge in [-0.05, 0) is 26.3 Å². The molecule has 17 heavy (non-hydrogen) atoms. The molecular weight excluding hydrogens is 222 g/mol. The second-order valence-electron chi connectivity index (χ2n) is 4.05. The molecule has 0 N–H and O–H groups in total. The van der Waals surface area contributed by atoms with Crippen LogP contribution in [0, 0.1) is 0 Å². The van der Waals surface area contributed by atoms with Crippen molar-refractivity contribution in [2.75, 3.05) is 46.6 Å². The molecular formula is C12H23NO4. The van der Waals surface area contributed by atoms with Crippen LogP contribution in [-0.4, -0.2) is 63.5 Å². The first-order valence-corrected chi connectivity index (χ1v) is 6.27. The van der Waals surface area contributed by atoms with Gasteiger partial charge in [0.05, 0.1) is 26.4 Å². The van der Waals surface area contributed by atoms with E-state index in [0.29, 0.717) is 26.4 Å². The monoisotopic (exact) mass is 245 g/mol. The van der Waals surface area contributed by atoms with Crippen molar-refractivity contribution in [3.63, 3.8) is 0 Å². The lowest BCUT2D eigenvalue weighted by atomic mass is 10.2. The lowest BCUT2D eigenvalue weighted by Gasteiger charge is -2.22. The normalized spacial score (nSPS) is 20.7. The van der Waals surface area contributed by atoms with Gasteiger partial charge in [0.15, 0.2) is 0 Å². The van der Waals surface area contributed by atoms with Crippen molar-refractivity contribution < 1.29 is 19.0 Å². The number of hydrogen-bond donors (Lipinski definition) is 0. The van der Waals surface area contributed by atoms with Gasteiger partial charge in [-0.3, -0.25) is 9.69 Å². The Morgan fingerprint density at radius 2 is 2.18 bits per heavy atom. The summed E-state index contributed by atoms with van der Waals surface area (Å²) >= 11 is 0. The second-order valence-corrected chi connectivity index (χ2v) is 4.05. The summed E-state index contributed by atoms with van der Waals surface area (Å²) in [6.45, 7) is 5.89. The molecule has 0 aromatic carbocycles. The van der Waals surface area contributed by atoms with Crippen molar-refractivity contribution in [1.29, 1.82) is 0 Å². The highest BCUT2D eigenvalue weighted by Crippen LogP contribution is 2.17. The summed E-state index contributed by atoms with van der Waals surface area (Å²) in [5.41, 5.74) is 0. The summed E-state index contributed by atoms with van der Waals surface area (Å²) < 4.78 is 15.4. The fraction of sp³-hybridized carbons (Fsp3) is 0.917. The number of methoxy groups -OCH3 is 1. The van der Waals surface area contributed by atoms with Gasteiger partial charge in [-0.25, -0.2) is 0 Å². The van der Waals surface area contributed by atoms with E-state index in [1.54, 1.807) is 7.11 Å². The molecule has 0 bridgehead atoms. The quantitative estimate of drug-likeness (QED) is 0.465. The lowest BCUT2D eigenvalue weighted by molar-refractivity contribution is -0.148. The van der Waals surface area contributed by atoms with E-state index in [2.05, 4.69) is 4.90 Å². The smallest absolute Gasteiger partial charge is 0.323 e. The summed E-state index contributed by atoms with van der Waals surface area (Å²) in [6, 6.07) is -0.0685. The molecule has 0 aliphatic carbocycles. The first kappa shape index (κ1) is 14.4. The number of carbonyl (C=O) groups is 1. The zero-order chi connectivity index (χ0) is 12.5. The Morgan fingerprint density at radius 1 is 1.35 bits per heavy atom. The molecule has 1 saturated heterocycles. The highest BCUT2D eigenvalue weighted by molar-refractivity contribution is 5.76. The van der Waals surface area contributed by atoms with E-state index < -0.39 is 0 Å². The maximum atomic E-state index is 11.7. The minimum atomic E-state index is -0.0955. The molecule has 1 atom stereocenters. The van der Waals surface area contributed by atoms with Crippen LogP contribution in [-0.2, 0) is 19.0 Å². The third-order valence-electron chi connectivity index (χ3n) is 2.88. The molecule has 0 aromatic rings. The number of ether oxygens (including phenoxy) is 3. The number of hydrogen-bond acceptors (Lipinski definition) is 5. The molecule has 1 unspecified atom stereocenters. The van der Waals surface area contributed by atoms with E-state index in [0.717, 1.165) is 25.9 Å². The Labute approximate surface area is 103 Å². The Morgan fingerprint density at radius 3 is 2.88 bits per heavy atom. The van der Waals surface area contributed by atoms with E-state index in [4.69, 9.17) is 14.2 Å². The Kier molecular flexibility index (Phi) is 7.16. The van der Waals surface area contributed by atoms with Crippen LogP contribution in [0.5, 0.6) is 0 Å². The largest absolute Gasteiger partial charge is 0.465 e. The van der Waals surface area contributed by atoms with Crippen LogP contribution in [0.15, 0.2) is 0 Å². The minimum absolute atomic E-state index is 0.0685. The van der Waals surface area contributed by atoms with E-state index in [9.17, 15) is 4.79 Å². The van der Waals surface area contributed by atoms with Crippen molar-refractivity contribution in [2.24, 2.45) is 0 Å². The SMILES string of the molecule is CCOC(=O)C1CCCN1CCOCCOC. The first-order valence-electron chi connectivity index (χ1n) is 6.27. The van der Waals surface area contributed by atoms with Crippen molar-refractivity contribution in [3.8, 4) is 0 Å². The lowest BCUT2D eigenvalue weighted by Crippen LogP contribution is -2.39. The highest BCUT2D eigenvalue weighted by atomic mass is 16.5. The number of rotatable bonds is 8. The summed E-state index contributed by atoms with van der Waals surface area (Å²) in [5.74, 6) is -0.0955. The number of esters is 1. The molecule has 1 heterocycles. The van der Waals surface area contributed by atoms with Crippen LogP contribution in [0.4, 0.5) is 0 Å². The van der Waals surface area contributed by atoms with Crippen LogP contribution in [0.3, 0.4) is 0 Å². The molecule has 0 saturated carbocycles. The molecule has 1 rings (SSSR count). The third-order valence-corrected chi connectivity index (χ3v) is 2.88. The molecule has 1 fully saturated rings. The Hall–Kier alpha value is -0.650. The molecule has 0 aromatic heterocycles. The van der Waals surface area contributed by atoms with Gasteiger partial charge in [0.2, 0.25) is 0 Å². The van der Waals surface area contributed by atoms with Gasteiger partial charge in [0, 0.05) is 13.7 Å². The standard InChI is InChI=1S/C12H23NO4/c1-3-17-12(14)11-5-4-6-13(11)7-8-16-10-9-15-2/h11H,3-10H2,1-2H3. The molecule has 0 amide bonds. The van der Waals surface area contributed by atoms with Crippen molar-refractivity contribution in [3.05, 3.63) is 0 Å². The molecule has 0 radical (unpaired) electrons. The third kappa shape index (κ3) is 5.02. The molecule has 5 heteroatoms. The summed E-state index contributed by atoms with van der Waals surface area (Å²) in [5, 5.41) is 0. The van der Waals surface area contributed by atoms with Crippen molar-refractivity contribution in [1.82, 2.24) is 4.90 Å². The zero-order valence-electron chi connectivity index (χ0n) is 10.8. The topological polar surface area (TPSA) is 48.0 Å². The fourth-order valence-corrected chi connectivity index (χ4v) is 2.03. The molecule has 0 spiro atoms. The van der Waals surface area contributed by atoms with E-state index in [-0.39, 0.29) is 12.0 Å². The van der Waals surface area contributed by atoms with E-state index >= 15 is 0 Å². The van der Waals surface area contributed by atoms with Crippen LogP contribution >= 0.6 is 0 Å². The van der Waals surface area contributed by atoms with Gasteiger partial charge in [-0.15, -0.1) is 0 Å². The van der Waals surface area contributed by atoms with Gasteiger partial charge >= 0.3 is 5.97 Å². The van der Waals surface area contributed by atoms with Crippen molar-refractivity contribution in [2.45, 2.75) is 25.8 Å². The second kappa shape index (κ2) is 8.44. The predicted molar refractivity (Wildman–Crippen MR) is 63.9 cm³/mol. The van der Waals surface area contributed by atoms with Crippen LogP contribution < -0.4 is 0 Å². The van der Waals surface area contributed by atoms with Crippen LogP contribution in [0.1, 0.15) is 19.8 Å².